The van der Waals surface area contributed by atoms with Crippen LogP contribution >= 0.6 is 11.6 Å². The van der Waals surface area contributed by atoms with Crippen LogP contribution in [0.4, 0.5) is 17.3 Å². The molecule has 1 amide bonds. The lowest BCUT2D eigenvalue weighted by Crippen LogP contribution is -2.31. The van der Waals surface area contributed by atoms with Crippen LogP contribution in [0, 0.1) is 10.1 Å². The minimum Gasteiger partial charge on any atom is -0.326 e. The molecule has 2 N–H and O–H groups in total. The Morgan fingerprint density at radius 2 is 1.90 bits per heavy atom. The number of rotatable bonds is 4. The molecule has 4 rings (SSSR count). The van der Waals surface area contributed by atoms with Crippen LogP contribution in [0.15, 0.2) is 59.8 Å². The number of anilines is 2. The zero-order valence-corrected chi connectivity index (χ0v) is 15.8. The molecule has 29 heavy (non-hydrogen) atoms. The molecule has 1 aromatic heterocycles. The lowest BCUT2D eigenvalue weighted by atomic mass is 9.95. The molecule has 0 radical (unpaired) electrons. The summed E-state index contributed by atoms with van der Waals surface area (Å²) in [6, 6.07) is 12.0. The number of fused-ring (bicyclic) bond motifs is 1. The van der Waals surface area contributed by atoms with Crippen molar-refractivity contribution in [3.63, 3.8) is 0 Å². The second-order valence-corrected chi connectivity index (χ2v) is 6.76. The number of tetrazole rings is 1. The number of hydrogen-bond acceptors (Lipinski definition) is 7. The summed E-state index contributed by atoms with van der Waals surface area (Å²) < 4.78 is 1.46. The Kier molecular flexibility index (Phi) is 4.69. The van der Waals surface area contributed by atoms with Crippen molar-refractivity contribution in [2.45, 2.75) is 13.0 Å². The first-order valence-electron chi connectivity index (χ1n) is 8.51. The van der Waals surface area contributed by atoms with E-state index in [0.717, 1.165) is 0 Å². The highest BCUT2D eigenvalue weighted by Gasteiger charge is 2.34. The van der Waals surface area contributed by atoms with Gasteiger partial charge in [-0.15, -0.1) is 0 Å². The number of halogens is 1. The van der Waals surface area contributed by atoms with Crippen LogP contribution in [0.3, 0.4) is 0 Å². The molecule has 0 aliphatic carbocycles. The molecule has 146 valence electrons. The molecule has 10 nitrogen and oxygen atoms in total. The zero-order chi connectivity index (χ0) is 20.5. The predicted octanol–water partition coefficient (Wildman–Crippen LogP) is 3.16. The van der Waals surface area contributed by atoms with Crippen molar-refractivity contribution in [1.29, 1.82) is 0 Å². The molecule has 11 heteroatoms. The SMILES string of the molecule is CC1=C(C(=O)Nc2ccc(Cl)cc2)C(c2ccc([N+](=O)[O-])cc2)n2nnnc2N1. The van der Waals surface area contributed by atoms with Crippen molar-refractivity contribution in [2.24, 2.45) is 0 Å². The van der Waals surface area contributed by atoms with E-state index in [4.69, 9.17) is 11.6 Å². The highest BCUT2D eigenvalue weighted by atomic mass is 35.5. The van der Waals surface area contributed by atoms with Gasteiger partial charge in [-0.1, -0.05) is 16.7 Å². The van der Waals surface area contributed by atoms with Gasteiger partial charge in [0, 0.05) is 28.5 Å². The van der Waals surface area contributed by atoms with Gasteiger partial charge in [0.05, 0.1) is 10.5 Å². The number of benzene rings is 2. The molecule has 0 fully saturated rings. The Hall–Kier alpha value is -3.79. The number of carbonyl (C=O) groups excluding carboxylic acids is 1. The number of nitrogens with one attached hydrogen (secondary N) is 2. The van der Waals surface area contributed by atoms with E-state index in [0.29, 0.717) is 33.5 Å². The lowest BCUT2D eigenvalue weighted by molar-refractivity contribution is -0.384. The number of carbonyl (C=O) groups is 1. The van der Waals surface area contributed by atoms with Gasteiger partial charge in [-0.3, -0.25) is 14.9 Å². The van der Waals surface area contributed by atoms with E-state index in [-0.39, 0.29) is 11.6 Å². The number of amides is 1. The third-order valence-corrected chi connectivity index (χ3v) is 4.73. The molecule has 0 saturated carbocycles. The number of non-ortho nitro benzene ring substituents is 1. The third kappa shape index (κ3) is 3.52. The van der Waals surface area contributed by atoms with Crippen molar-refractivity contribution >= 4 is 34.8 Å². The fourth-order valence-corrected chi connectivity index (χ4v) is 3.25. The second-order valence-electron chi connectivity index (χ2n) is 6.32. The summed E-state index contributed by atoms with van der Waals surface area (Å²) in [5.41, 5.74) is 2.11. The smallest absolute Gasteiger partial charge is 0.269 e. The summed E-state index contributed by atoms with van der Waals surface area (Å²) >= 11 is 5.90. The van der Waals surface area contributed by atoms with Gasteiger partial charge in [0.25, 0.3) is 11.6 Å². The van der Waals surface area contributed by atoms with Crippen molar-refractivity contribution < 1.29 is 9.72 Å². The van der Waals surface area contributed by atoms with Gasteiger partial charge in [-0.05, 0) is 59.3 Å². The molecule has 0 spiro atoms. The largest absolute Gasteiger partial charge is 0.326 e. The molecule has 3 aromatic rings. The van der Waals surface area contributed by atoms with E-state index in [1.807, 2.05) is 0 Å². The summed E-state index contributed by atoms with van der Waals surface area (Å²) in [6.07, 6.45) is 0. The Bertz CT molecular complexity index is 1120. The molecule has 1 atom stereocenters. The predicted molar refractivity (Wildman–Crippen MR) is 105 cm³/mol. The Labute approximate surface area is 169 Å². The van der Waals surface area contributed by atoms with E-state index in [1.54, 1.807) is 43.3 Å². The average Bonchev–Trinajstić information content (AvgIpc) is 3.16. The number of allylic oxidation sites excluding steroid dienone is 1. The van der Waals surface area contributed by atoms with Gasteiger partial charge in [0.15, 0.2) is 0 Å². The maximum Gasteiger partial charge on any atom is 0.269 e. The van der Waals surface area contributed by atoms with Crippen molar-refractivity contribution in [3.8, 4) is 0 Å². The number of nitrogens with zero attached hydrogens (tertiary/aromatic N) is 5. The highest BCUT2D eigenvalue weighted by molar-refractivity contribution is 6.30. The summed E-state index contributed by atoms with van der Waals surface area (Å²) in [4.78, 5) is 23.6. The molecular formula is C18H14ClN7O3. The van der Waals surface area contributed by atoms with Crippen molar-refractivity contribution in [1.82, 2.24) is 20.2 Å². The summed E-state index contributed by atoms with van der Waals surface area (Å²) in [7, 11) is 0. The minimum absolute atomic E-state index is 0.0486. The van der Waals surface area contributed by atoms with Crippen molar-refractivity contribution in [2.75, 3.05) is 10.6 Å². The average molecular weight is 412 g/mol. The Morgan fingerprint density at radius 3 is 2.55 bits per heavy atom. The van der Waals surface area contributed by atoms with E-state index in [2.05, 4.69) is 26.2 Å². The molecule has 2 heterocycles. The van der Waals surface area contributed by atoms with E-state index in [1.165, 1.54) is 16.8 Å². The maximum atomic E-state index is 13.1. The van der Waals surface area contributed by atoms with Gasteiger partial charge in [0.2, 0.25) is 5.95 Å². The van der Waals surface area contributed by atoms with Crippen LogP contribution in [0.25, 0.3) is 0 Å². The van der Waals surface area contributed by atoms with Crippen LogP contribution in [-0.4, -0.2) is 31.0 Å². The van der Waals surface area contributed by atoms with Crippen LogP contribution < -0.4 is 10.6 Å². The normalized spacial score (nSPS) is 15.4. The summed E-state index contributed by atoms with van der Waals surface area (Å²) in [5, 5.41) is 28.9. The molecular weight excluding hydrogens is 398 g/mol. The van der Waals surface area contributed by atoms with Crippen molar-refractivity contribution in [3.05, 3.63) is 80.5 Å². The van der Waals surface area contributed by atoms with Gasteiger partial charge < -0.3 is 10.6 Å². The zero-order valence-electron chi connectivity index (χ0n) is 15.0. The first kappa shape index (κ1) is 18.6. The number of hydrogen-bond donors (Lipinski definition) is 2. The Balaban J connectivity index is 1.74. The fraction of sp³-hybridized carbons (Fsp3) is 0.111. The topological polar surface area (TPSA) is 128 Å². The van der Waals surface area contributed by atoms with Gasteiger partial charge >= 0.3 is 0 Å². The van der Waals surface area contributed by atoms with Crippen LogP contribution in [0.5, 0.6) is 0 Å². The quantitative estimate of drug-likeness (QED) is 0.498. The van der Waals surface area contributed by atoms with E-state index < -0.39 is 11.0 Å². The van der Waals surface area contributed by atoms with Gasteiger partial charge in [-0.25, -0.2) is 0 Å². The maximum absolute atomic E-state index is 13.1. The standard InChI is InChI=1S/C18H14ClN7O3/c1-10-15(17(27)21-13-6-4-12(19)5-7-13)16(25-18(20-10)22-23-24-25)11-2-8-14(9-3-11)26(28)29/h2-9,16H,1H3,(H,21,27)(H,20,22,24). The van der Waals surface area contributed by atoms with Gasteiger partial charge in [0.1, 0.15) is 6.04 Å². The summed E-state index contributed by atoms with van der Waals surface area (Å²) in [5.74, 6) is 0.00993. The number of nitro benzene ring substituents is 1. The molecule has 0 saturated heterocycles. The monoisotopic (exact) mass is 411 g/mol. The molecule has 2 aromatic carbocycles. The Morgan fingerprint density at radius 1 is 1.21 bits per heavy atom. The van der Waals surface area contributed by atoms with E-state index >= 15 is 0 Å². The molecule has 1 unspecified atom stereocenters. The molecule has 1 aliphatic rings. The van der Waals surface area contributed by atoms with Gasteiger partial charge in [-0.2, -0.15) is 4.68 Å². The van der Waals surface area contributed by atoms with Crippen LogP contribution in [0.2, 0.25) is 5.02 Å². The second kappa shape index (κ2) is 7.32. The third-order valence-electron chi connectivity index (χ3n) is 4.48. The first-order chi connectivity index (χ1) is 13.9. The van der Waals surface area contributed by atoms with Crippen LogP contribution in [-0.2, 0) is 4.79 Å². The highest BCUT2D eigenvalue weighted by Crippen LogP contribution is 2.35. The van der Waals surface area contributed by atoms with Crippen LogP contribution in [0.1, 0.15) is 18.5 Å². The number of aromatic nitrogens is 4. The lowest BCUT2D eigenvalue weighted by Gasteiger charge is -2.27. The minimum atomic E-state index is -0.658. The first-order valence-corrected chi connectivity index (χ1v) is 8.89. The molecule has 0 bridgehead atoms. The van der Waals surface area contributed by atoms with E-state index in [9.17, 15) is 14.9 Å². The fourth-order valence-electron chi connectivity index (χ4n) is 3.12. The summed E-state index contributed by atoms with van der Waals surface area (Å²) in [6.45, 7) is 1.74. The molecule has 1 aliphatic heterocycles. The number of nitro groups is 1.